The topological polar surface area (TPSA) is 12.5 Å². The second kappa shape index (κ2) is 14.4. The summed E-state index contributed by atoms with van der Waals surface area (Å²) in [5.41, 5.74) is 0. The average molecular weight is 189 g/mol. The molecule has 0 atom stereocenters. The second-order valence-electron chi connectivity index (χ2n) is 2.63. The van der Waals surface area contributed by atoms with Crippen LogP contribution in [0.4, 0.5) is 0 Å². The number of rotatable bonds is 7. The molecule has 2 nitrogen and oxygen atoms in total. The van der Waals surface area contributed by atoms with Crippen LogP contribution in [0.1, 0.15) is 41.0 Å². The Morgan fingerprint density at radius 3 is 2.00 bits per heavy atom. The molecule has 13 heavy (non-hydrogen) atoms. The van der Waals surface area contributed by atoms with E-state index in [-0.39, 0.29) is 0 Å². The van der Waals surface area contributed by atoms with Gasteiger partial charge in [0.2, 0.25) is 0 Å². The number of ether oxygens (including phenoxy) is 1. The summed E-state index contributed by atoms with van der Waals surface area (Å²) in [6, 6.07) is 0. The molecule has 0 rings (SSSR count). The first-order valence-corrected chi connectivity index (χ1v) is 5.65. The van der Waals surface area contributed by atoms with Crippen molar-refractivity contribution in [1.82, 2.24) is 4.90 Å². The van der Waals surface area contributed by atoms with Gasteiger partial charge in [0.25, 0.3) is 0 Å². The van der Waals surface area contributed by atoms with Crippen molar-refractivity contribution >= 4 is 0 Å². The van der Waals surface area contributed by atoms with Crippen LogP contribution in [0.3, 0.4) is 0 Å². The molecule has 0 radical (unpaired) electrons. The molecule has 0 aromatic heterocycles. The van der Waals surface area contributed by atoms with E-state index in [1.807, 2.05) is 20.8 Å². The molecule has 0 aliphatic heterocycles. The van der Waals surface area contributed by atoms with Crippen LogP contribution in [-0.2, 0) is 4.74 Å². The van der Waals surface area contributed by atoms with Crippen molar-refractivity contribution in [3.8, 4) is 0 Å². The summed E-state index contributed by atoms with van der Waals surface area (Å²) in [5, 5.41) is 0. The summed E-state index contributed by atoms with van der Waals surface area (Å²) < 4.78 is 5.27. The highest BCUT2D eigenvalue weighted by Crippen LogP contribution is 1.90. The van der Waals surface area contributed by atoms with E-state index in [9.17, 15) is 0 Å². The highest BCUT2D eigenvalue weighted by atomic mass is 16.5. The van der Waals surface area contributed by atoms with E-state index >= 15 is 0 Å². The fourth-order valence-corrected chi connectivity index (χ4v) is 1.08. The smallest absolute Gasteiger partial charge is 0.0593 e. The maximum Gasteiger partial charge on any atom is 0.0593 e. The van der Waals surface area contributed by atoms with Gasteiger partial charge in [-0.25, -0.2) is 0 Å². The van der Waals surface area contributed by atoms with Crippen LogP contribution in [0.15, 0.2) is 0 Å². The Morgan fingerprint density at radius 1 is 1.00 bits per heavy atom. The highest BCUT2D eigenvalue weighted by Gasteiger charge is 1.98. The average Bonchev–Trinajstić information content (AvgIpc) is 2.20. The fourth-order valence-electron chi connectivity index (χ4n) is 1.08. The number of likely N-dealkylation sites (N-methyl/N-ethyl adjacent to an activating group) is 1. The Hall–Kier alpha value is -0.0800. The molecule has 0 amide bonds. The molecule has 0 aliphatic rings. The highest BCUT2D eigenvalue weighted by molar-refractivity contribution is 4.52. The first-order chi connectivity index (χ1) is 6.35. The summed E-state index contributed by atoms with van der Waals surface area (Å²) in [5.74, 6) is 0. The fraction of sp³-hybridized carbons (Fsp3) is 1.00. The molecule has 0 aromatic carbocycles. The largest absolute Gasteiger partial charge is 0.380 e. The Bertz CT molecular complexity index is 76.5. The molecule has 0 fully saturated rings. The normalized spacial score (nSPS) is 9.69. The lowest BCUT2D eigenvalue weighted by Crippen LogP contribution is -2.28. The van der Waals surface area contributed by atoms with Crippen molar-refractivity contribution in [2.45, 2.75) is 41.0 Å². The lowest BCUT2D eigenvalue weighted by molar-refractivity contribution is 0.115. The monoisotopic (exact) mass is 189 g/mol. The van der Waals surface area contributed by atoms with Gasteiger partial charge in [0.15, 0.2) is 0 Å². The Morgan fingerprint density at radius 2 is 1.62 bits per heavy atom. The third-order valence-corrected chi connectivity index (χ3v) is 1.74. The van der Waals surface area contributed by atoms with Gasteiger partial charge in [-0.15, -0.1) is 0 Å². The summed E-state index contributed by atoms with van der Waals surface area (Å²) in [6.45, 7) is 15.6. The van der Waals surface area contributed by atoms with Gasteiger partial charge in [0, 0.05) is 13.2 Å². The Labute approximate surface area is 84.3 Å². The first kappa shape index (κ1) is 15.4. The van der Waals surface area contributed by atoms with E-state index < -0.39 is 0 Å². The van der Waals surface area contributed by atoms with Gasteiger partial charge in [0.1, 0.15) is 0 Å². The molecule has 0 unspecified atom stereocenters. The maximum atomic E-state index is 5.27. The van der Waals surface area contributed by atoms with Crippen LogP contribution in [0.2, 0.25) is 0 Å². The minimum absolute atomic E-state index is 0.837. The van der Waals surface area contributed by atoms with Crippen LogP contribution >= 0.6 is 0 Å². The molecule has 0 saturated carbocycles. The molecular weight excluding hydrogens is 162 g/mol. The van der Waals surface area contributed by atoms with Crippen LogP contribution in [-0.4, -0.2) is 37.7 Å². The zero-order valence-corrected chi connectivity index (χ0v) is 10.1. The van der Waals surface area contributed by atoms with E-state index in [0.29, 0.717) is 0 Å². The lowest BCUT2D eigenvalue weighted by Gasteiger charge is -2.18. The predicted molar refractivity (Wildman–Crippen MR) is 60.2 cm³/mol. The van der Waals surface area contributed by atoms with E-state index in [4.69, 9.17) is 4.74 Å². The third-order valence-electron chi connectivity index (χ3n) is 1.74. The lowest BCUT2D eigenvalue weighted by atomic mass is 10.4. The van der Waals surface area contributed by atoms with Crippen molar-refractivity contribution < 1.29 is 4.74 Å². The third kappa shape index (κ3) is 11.9. The molecule has 0 heterocycles. The van der Waals surface area contributed by atoms with Gasteiger partial charge in [0.05, 0.1) is 6.61 Å². The zero-order chi connectivity index (χ0) is 10.5. The quantitative estimate of drug-likeness (QED) is 0.571. The van der Waals surface area contributed by atoms with Crippen molar-refractivity contribution in [2.75, 3.05) is 32.8 Å². The van der Waals surface area contributed by atoms with Gasteiger partial charge < -0.3 is 9.64 Å². The number of hydrogen-bond donors (Lipinski definition) is 0. The van der Waals surface area contributed by atoms with E-state index in [1.54, 1.807) is 0 Å². The van der Waals surface area contributed by atoms with Crippen LogP contribution in [0.5, 0.6) is 0 Å². The standard InChI is InChI=1S/C9H21NO.C2H6/c1-4-7-10(5-2)8-9-11-6-3;1-2/h4-9H2,1-3H3;1-2H3. The number of hydrogen-bond acceptors (Lipinski definition) is 2. The Kier molecular flexibility index (Phi) is 17.1. The summed E-state index contributed by atoms with van der Waals surface area (Å²) >= 11 is 0. The van der Waals surface area contributed by atoms with E-state index in [0.717, 1.165) is 26.3 Å². The molecule has 0 bridgehead atoms. The van der Waals surface area contributed by atoms with E-state index in [1.165, 1.54) is 13.0 Å². The summed E-state index contributed by atoms with van der Waals surface area (Å²) in [7, 11) is 0. The number of nitrogens with zero attached hydrogens (tertiary/aromatic N) is 1. The molecular formula is C11H27NO. The Balaban J connectivity index is 0. The van der Waals surface area contributed by atoms with Gasteiger partial charge >= 0.3 is 0 Å². The van der Waals surface area contributed by atoms with Gasteiger partial charge in [-0.05, 0) is 26.4 Å². The molecule has 0 aromatic rings. The van der Waals surface area contributed by atoms with Crippen molar-refractivity contribution in [3.05, 3.63) is 0 Å². The minimum Gasteiger partial charge on any atom is -0.380 e. The molecule has 0 N–H and O–H groups in total. The van der Waals surface area contributed by atoms with Crippen LogP contribution < -0.4 is 0 Å². The maximum absolute atomic E-state index is 5.27. The SMILES string of the molecule is CC.CCCN(CC)CCOCC. The van der Waals surface area contributed by atoms with E-state index in [2.05, 4.69) is 18.7 Å². The van der Waals surface area contributed by atoms with Gasteiger partial charge in [-0.2, -0.15) is 0 Å². The van der Waals surface area contributed by atoms with Crippen molar-refractivity contribution in [3.63, 3.8) is 0 Å². The molecule has 2 heteroatoms. The summed E-state index contributed by atoms with van der Waals surface area (Å²) in [4.78, 5) is 2.41. The summed E-state index contributed by atoms with van der Waals surface area (Å²) in [6.07, 6.45) is 1.24. The van der Waals surface area contributed by atoms with Gasteiger partial charge in [-0.3, -0.25) is 0 Å². The molecule has 0 saturated heterocycles. The van der Waals surface area contributed by atoms with Crippen LogP contribution in [0, 0.1) is 0 Å². The van der Waals surface area contributed by atoms with Gasteiger partial charge in [-0.1, -0.05) is 27.7 Å². The molecule has 0 spiro atoms. The molecule has 82 valence electrons. The van der Waals surface area contributed by atoms with Crippen molar-refractivity contribution in [1.29, 1.82) is 0 Å². The molecule has 0 aliphatic carbocycles. The second-order valence-corrected chi connectivity index (χ2v) is 2.63. The predicted octanol–water partition coefficient (Wildman–Crippen LogP) is 2.78. The first-order valence-electron chi connectivity index (χ1n) is 5.65. The zero-order valence-electron chi connectivity index (χ0n) is 10.1. The minimum atomic E-state index is 0.837. The van der Waals surface area contributed by atoms with Crippen molar-refractivity contribution in [2.24, 2.45) is 0 Å². The van der Waals surface area contributed by atoms with Crippen LogP contribution in [0.25, 0.3) is 0 Å².